The zero-order valence-electron chi connectivity index (χ0n) is 20.1. The second-order valence-corrected chi connectivity index (χ2v) is 8.84. The van der Waals surface area contributed by atoms with Crippen LogP contribution in [0.1, 0.15) is 70.9 Å². The summed E-state index contributed by atoms with van der Waals surface area (Å²) in [6.07, 6.45) is 4.44. The maximum atomic E-state index is 13.7. The number of nitrogens with one attached hydrogen (secondary N) is 1. The summed E-state index contributed by atoms with van der Waals surface area (Å²) >= 11 is 0. The Kier molecular flexibility index (Phi) is 7.17. The molecule has 1 aliphatic carbocycles. The molecule has 0 saturated heterocycles. The maximum Gasteiger partial charge on any atom is 0.227 e. The Morgan fingerprint density at radius 2 is 1.76 bits per heavy atom. The molecule has 0 radical (unpaired) electrons. The van der Waals surface area contributed by atoms with Crippen molar-refractivity contribution in [2.45, 2.75) is 65.3 Å². The number of amides is 1. The number of hydrogen-bond donors (Lipinski definition) is 1. The molecule has 4 rings (SSSR count). The van der Waals surface area contributed by atoms with Crippen LogP contribution in [0.5, 0.6) is 0 Å². The molecule has 2 aromatic carbocycles. The monoisotopic (exact) mass is 445 g/mol. The number of allylic oxidation sites excluding steroid dienone is 1. The van der Waals surface area contributed by atoms with Gasteiger partial charge in [0.25, 0.3) is 0 Å². The molecule has 0 saturated carbocycles. The lowest BCUT2D eigenvalue weighted by atomic mass is 9.85. The van der Waals surface area contributed by atoms with Crippen molar-refractivity contribution in [2.24, 2.45) is 0 Å². The van der Waals surface area contributed by atoms with Gasteiger partial charge < -0.3 is 10.2 Å². The van der Waals surface area contributed by atoms with Crippen molar-refractivity contribution >= 4 is 28.8 Å². The first-order chi connectivity index (χ1) is 16.1. The topological polar surface area (TPSA) is 52.7 Å². The van der Waals surface area contributed by atoms with Gasteiger partial charge in [-0.25, -0.2) is 0 Å². The first-order valence-corrected chi connectivity index (χ1v) is 12.4. The predicted octanol–water partition coefficient (Wildman–Crippen LogP) is 6.23. The number of para-hydroxylation sites is 2. The fraction of sp³-hybridized carbons (Fsp3) is 0.429. The number of rotatable bonds is 7. The van der Waals surface area contributed by atoms with E-state index < -0.39 is 6.04 Å². The zero-order chi connectivity index (χ0) is 23.4. The molecule has 0 spiro atoms. The van der Waals surface area contributed by atoms with Gasteiger partial charge in [-0.2, -0.15) is 0 Å². The number of unbranched alkanes of at least 4 members (excludes halogenated alkanes) is 1. The van der Waals surface area contributed by atoms with Crippen LogP contribution in [0.25, 0.3) is 0 Å². The zero-order valence-corrected chi connectivity index (χ0v) is 20.1. The van der Waals surface area contributed by atoms with Crippen molar-refractivity contribution in [1.82, 2.24) is 0 Å². The number of Topliss-reactive ketones (excluding diaryl/α,β-unsaturated/α-hetero) is 1. The number of benzene rings is 2. The van der Waals surface area contributed by atoms with Gasteiger partial charge in [0.1, 0.15) is 0 Å². The third-order valence-corrected chi connectivity index (χ3v) is 6.79. The van der Waals surface area contributed by atoms with Crippen LogP contribution < -0.4 is 15.1 Å². The second-order valence-electron chi connectivity index (χ2n) is 8.84. The van der Waals surface area contributed by atoms with Gasteiger partial charge in [0.05, 0.1) is 17.4 Å². The number of ketones is 1. The summed E-state index contributed by atoms with van der Waals surface area (Å²) in [5.41, 5.74) is 5.59. The highest BCUT2D eigenvalue weighted by Crippen LogP contribution is 2.45. The summed E-state index contributed by atoms with van der Waals surface area (Å²) in [6.45, 7) is 8.27. The van der Waals surface area contributed by atoms with Gasteiger partial charge >= 0.3 is 0 Å². The Morgan fingerprint density at radius 3 is 2.45 bits per heavy atom. The van der Waals surface area contributed by atoms with Crippen LogP contribution in [0.3, 0.4) is 0 Å². The largest absolute Gasteiger partial charge is 0.372 e. The molecule has 0 fully saturated rings. The molecule has 2 aromatic rings. The number of fused-ring (bicyclic) bond motifs is 1. The van der Waals surface area contributed by atoms with Crippen molar-refractivity contribution in [3.8, 4) is 0 Å². The van der Waals surface area contributed by atoms with Crippen molar-refractivity contribution in [1.29, 1.82) is 0 Å². The van der Waals surface area contributed by atoms with E-state index in [9.17, 15) is 9.59 Å². The molecule has 1 aliphatic heterocycles. The van der Waals surface area contributed by atoms with E-state index >= 15 is 0 Å². The fourth-order valence-electron chi connectivity index (χ4n) is 5.03. The molecule has 1 atom stereocenters. The minimum Gasteiger partial charge on any atom is -0.372 e. The highest BCUT2D eigenvalue weighted by Gasteiger charge is 2.39. The Morgan fingerprint density at radius 1 is 1.03 bits per heavy atom. The van der Waals surface area contributed by atoms with E-state index in [1.807, 2.05) is 29.2 Å². The van der Waals surface area contributed by atoms with E-state index in [0.717, 1.165) is 72.7 Å². The van der Waals surface area contributed by atoms with Gasteiger partial charge in [0, 0.05) is 42.9 Å². The van der Waals surface area contributed by atoms with E-state index in [-0.39, 0.29) is 11.7 Å². The summed E-state index contributed by atoms with van der Waals surface area (Å²) in [6, 6.07) is 16.0. The molecule has 33 heavy (non-hydrogen) atoms. The lowest BCUT2D eigenvalue weighted by Gasteiger charge is -2.34. The molecular formula is C28H35N3O2. The van der Waals surface area contributed by atoms with Gasteiger partial charge in [-0.3, -0.25) is 14.5 Å². The van der Waals surface area contributed by atoms with Gasteiger partial charge in [-0.15, -0.1) is 0 Å². The lowest BCUT2D eigenvalue weighted by molar-refractivity contribution is -0.119. The van der Waals surface area contributed by atoms with E-state index in [1.165, 1.54) is 0 Å². The molecule has 0 aromatic heterocycles. The molecule has 1 amide bonds. The van der Waals surface area contributed by atoms with Gasteiger partial charge in [0.2, 0.25) is 5.91 Å². The minimum absolute atomic E-state index is 0.0658. The number of carbonyl (C=O) groups is 2. The molecule has 5 heteroatoms. The third-order valence-electron chi connectivity index (χ3n) is 6.79. The number of nitrogens with zero attached hydrogens (tertiary/aromatic N) is 2. The van der Waals surface area contributed by atoms with E-state index in [0.29, 0.717) is 12.8 Å². The number of hydrogen-bond acceptors (Lipinski definition) is 4. The smallest absolute Gasteiger partial charge is 0.227 e. The first-order valence-electron chi connectivity index (χ1n) is 12.4. The average molecular weight is 446 g/mol. The van der Waals surface area contributed by atoms with Gasteiger partial charge in [-0.05, 0) is 62.9 Å². The molecule has 0 unspecified atom stereocenters. The highest BCUT2D eigenvalue weighted by molar-refractivity contribution is 6.06. The Labute approximate surface area is 197 Å². The Balaban J connectivity index is 1.88. The lowest BCUT2D eigenvalue weighted by Crippen LogP contribution is -2.38. The summed E-state index contributed by atoms with van der Waals surface area (Å²) in [5.74, 6) is 0.207. The second kappa shape index (κ2) is 10.2. The molecular weight excluding hydrogens is 410 g/mol. The van der Waals surface area contributed by atoms with Gasteiger partial charge in [0.15, 0.2) is 5.78 Å². The Bertz CT molecular complexity index is 1040. The quantitative estimate of drug-likeness (QED) is 0.549. The van der Waals surface area contributed by atoms with Crippen LogP contribution in [0, 0.1) is 0 Å². The van der Waals surface area contributed by atoms with Crippen LogP contribution in [0.4, 0.5) is 17.1 Å². The predicted molar refractivity (Wildman–Crippen MR) is 136 cm³/mol. The van der Waals surface area contributed by atoms with E-state index in [2.05, 4.69) is 55.3 Å². The average Bonchev–Trinajstić information content (AvgIpc) is 2.99. The van der Waals surface area contributed by atoms with Crippen LogP contribution in [0.15, 0.2) is 59.8 Å². The van der Waals surface area contributed by atoms with E-state index in [4.69, 9.17) is 0 Å². The van der Waals surface area contributed by atoms with Crippen LogP contribution in [-0.2, 0) is 9.59 Å². The molecule has 1 N–H and O–H groups in total. The van der Waals surface area contributed by atoms with Crippen molar-refractivity contribution in [3.63, 3.8) is 0 Å². The van der Waals surface area contributed by atoms with Crippen LogP contribution in [0.2, 0.25) is 0 Å². The summed E-state index contributed by atoms with van der Waals surface area (Å²) in [5, 5.41) is 3.54. The molecule has 174 valence electrons. The van der Waals surface area contributed by atoms with Crippen molar-refractivity contribution in [3.05, 3.63) is 65.4 Å². The molecule has 1 heterocycles. The molecule has 2 aliphatic rings. The first kappa shape index (κ1) is 23.1. The number of carbonyl (C=O) groups excluding carboxylic acids is 2. The third kappa shape index (κ3) is 4.54. The summed E-state index contributed by atoms with van der Waals surface area (Å²) in [7, 11) is 0. The SMILES string of the molecule is CCCCC(=O)N1c2ccccc2NC2=C(C(=O)CCC2)[C@@H]1c1ccc(N(CC)CC)cc1. The van der Waals surface area contributed by atoms with Crippen LogP contribution in [-0.4, -0.2) is 24.8 Å². The maximum absolute atomic E-state index is 13.7. The van der Waals surface area contributed by atoms with Gasteiger partial charge in [-0.1, -0.05) is 37.6 Å². The fourth-order valence-corrected chi connectivity index (χ4v) is 5.03. The molecule has 5 nitrogen and oxygen atoms in total. The summed E-state index contributed by atoms with van der Waals surface area (Å²) in [4.78, 5) is 31.2. The van der Waals surface area contributed by atoms with E-state index in [1.54, 1.807) is 0 Å². The van der Waals surface area contributed by atoms with Crippen LogP contribution >= 0.6 is 0 Å². The minimum atomic E-state index is -0.418. The molecule has 0 bridgehead atoms. The van der Waals surface area contributed by atoms with Crippen molar-refractivity contribution < 1.29 is 9.59 Å². The standard InChI is InChI=1S/C28H35N3O2/c1-4-7-15-26(33)31-24-13-9-8-11-22(24)29-23-12-10-14-25(32)27(23)28(31)20-16-18-21(19-17-20)30(5-2)6-3/h8-9,11,13,16-19,28-29H,4-7,10,12,14-15H2,1-3H3/t28-/m0/s1. The normalized spacial score (nSPS) is 17.7. The summed E-state index contributed by atoms with van der Waals surface area (Å²) < 4.78 is 0. The number of anilines is 3. The Hall–Kier alpha value is -3.08. The van der Waals surface area contributed by atoms with Crippen molar-refractivity contribution in [2.75, 3.05) is 28.2 Å². The highest BCUT2D eigenvalue weighted by atomic mass is 16.2.